The van der Waals surface area contributed by atoms with Crippen LogP contribution < -0.4 is 10.5 Å². The third-order valence-corrected chi connectivity index (χ3v) is 3.38. The average Bonchev–Trinajstić information content (AvgIpc) is 2.52. The molecular weight excluding hydrogens is 344 g/mol. The summed E-state index contributed by atoms with van der Waals surface area (Å²) in [5, 5.41) is 9.30. The van der Waals surface area contributed by atoms with Crippen LogP contribution in [-0.2, 0) is 4.79 Å². The Morgan fingerprint density at radius 2 is 1.82 bits per heavy atom. The third kappa shape index (κ3) is 4.47. The van der Waals surface area contributed by atoms with Gasteiger partial charge in [-0.05, 0) is 41.5 Å². The monoisotopic (exact) mass is 356 g/mol. The van der Waals surface area contributed by atoms with Gasteiger partial charge in [0.15, 0.2) is 6.61 Å². The van der Waals surface area contributed by atoms with E-state index in [0.717, 1.165) is 15.6 Å². The molecule has 0 atom stereocenters. The molecule has 0 aliphatic carbocycles. The molecule has 0 saturated heterocycles. The predicted octanol–water partition coefficient (Wildman–Crippen LogP) is 3.38. The molecule has 0 unspecified atom stereocenters. The van der Waals surface area contributed by atoms with Crippen molar-refractivity contribution in [2.75, 3.05) is 6.61 Å². The van der Waals surface area contributed by atoms with Crippen LogP contribution in [0.4, 0.5) is 0 Å². The first-order chi connectivity index (χ1) is 10.6. The van der Waals surface area contributed by atoms with Gasteiger partial charge in [-0.25, -0.2) is 0 Å². The summed E-state index contributed by atoms with van der Waals surface area (Å²) in [6.45, 7) is -0.155. The Morgan fingerprint density at radius 3 is 2.36 bits per heavy atom. The minimum Gasteiger partial charge on any atom is -0.484 e. The molecule has 5 heteroatoms. The normalized spacial score (nSPS) is 10.8. The lowest BCUT2D eigenvalue weighted by Gasteiger charge is -2.04. The summed E-state index contributed by atoms with van der Waals surface area (Å²) in [5.41, 5.74) is 7.30. The smallest absolute Gasteiger partial charge is 0.255 e. The van der Waals surface area contributed by atoms with Crippen LogP contribution in [0.25, 0.3) is 11.6 Å². The van der Waals surface area contributed by atoms with Crippen LogP contribution in [0.1, 0.15) is 11.1 Å². The molecule has 0 bridgehead atoms. The maximum absolute atomic E-state index is 10.7. The number of ether oxygens (including phenoxy) is 1. The number of nitriles is 1. The number of carbonyl (C=O) groups is 1. The number of allylic oxidation sites excluding steroid dienone is 1. The van der Waals surface area contributed by atoms with Crippen LogP contribution in [0.2, 0.25) is 0 Å². The molecule has 22 heavy (non-hydrogen) atoms. The predicted molar refractivity (Wildman–Crippen MR) is 88.8 cm³/mol. The fraction of sp³-hybridized carbons (Fsp3) is 0.0588. The Kier molecular flexibility index (Phi) is 5.34. The van der Waals surface area contributed by atoms with E-state index < -0.39 is 5.91 Å². The molecule has 0 spiro atoms. The van der Waals surface area contributed by atoms with E-state index in [9.17, 15) is 10.1 Å². The van der Waals surface area contributed by atoms with Gasteiger partial charge >= 0.3 is 0 Å². The lowest BCUT2D eigenvalue weighted by atomic mass is 10.0. The Labute approximate surface area is 136 Å². The van der Waals surface area contributed by atoms with Crippen molar-refractivity contribution in [3.63, 3.8) is 0 Å². The van der Waals surface area contributed by atoms with E-state index in [4.69, 9.17) is 10.5 Å². The highest BCUT2D eigenvalue weighted by atomic mass is 79.9. The lowest BCUT2D eigenvalue weighted by molar-refractivity contribution is -0.119. The van der Waals surface area contributed by atoms with Crippen molar-refractivity contribution in [3.05, 3.63) is 64.1 Å². The Hall–Kier alpha value is -2.58. The molecule has 4 nitrogen and oxygen atoms in total. The maximum atomic E-state index is 10.7. The highest BCUT2D eigenvalue weighted by Gasteiger charge is 2.02. The van der Waals surface area contributed by atoms with Gasteiger partial charge in [0.05, 0.1) is 11.6 Å². The summed E-state index contributed by atoms with van der Waals surface area (Å²) >= 11 is 3.37. The van der Waals surface area contributed by atoms with E-state index in [-0.39, 0.29) is 6.61 Å². The lowest BCUT2D eigenvalue weighted by Crippen LogP contribution is -2.19. The van der Waals surface area contributed by atoms with Crippen LogP contribution in [0.3, 0.4) is 0 Å². The molecule has 0 fully saturated rings. The number of nitrogens with zero attached hydrogens (tertiary/aromatic N) is 1. The first kappa shape index (κ1) is 15.8. The second kappa shape index (κ2) is 7.43. The van der Waals surface area contributed by atoms with Gasteiger partial charge in [-0.2, -0.15) is 5.26 Å². The number of hydrogen-bond donors (Lipinski definition) is 1. The van der Waals surface area contributed by atoms with Crippen molar-refractivity contribution in [1.82, 2.24) is 0 Å². The summed E-state index contributed by atoms with van der Waals surface area (Å²) in [6.07, 6.45) is 1.79. The molecule has 0 aliphatic rings. The molecule has 0 saturated carbocycles. The SMILES string of the molecule is N#CC(=Cc1ccc(OCC(N)=O)cc1)c1ccc(Br)cc1. The van der Waals surface area contributed by atoms with Crippen LogP contribution in [0.5, 0.6) is 5.75 Å². The van der Waals surface area contributed by atoms with E-state index in [1.54, 1.807) is 18.2 Å². The highest BCUT2D eigenvalue weighted by molar-refractivity contribution is 9.10. The van der Waals surface area contributed by atoms with Crippen molar-refractivity contribution in [2.45, 2.75) is 0 Å². The van der Waals surface area contributed by atoms with Crippen molar-refractivity contribution in [2.24, 2.45) is 5.73 Å². The molecule has 0 heterocycles. The molecular formula is C17H13BrN2O2. The largest absolute Gasteiger partial charge is 0.484 e. The number of amides is 1. The van der Waals surface area contributed by atoms with Gasteiger partial charge < -0.3 is 10.5 Å². The van der Waals surface area contributed by atoms with E-state index >= 15 is 0 Å². The molecule has 110 valence electrons. The van der Waals surface area contributed by atoms with Crippen molar-refractivity contribution < 1.29 is 9.53 Å². The van der Waals surface area contributed by atoms with E-state index in [1.165, 1.54) is 0 Å². The van der Waals surface area contributed by atoms with Crippen molar-refractivity contribution in [3.8, 4) is 11.8 Å². The van der Waals surface area contributed by atoms with Crippen LogP contribution in [-0.4, -0.2) is 12.5 Å². The Balaban J connectivity index is 2.18. The number of hydrogen-bond acceptors (Lipinski definition) is 3. The van der Waals surface area contributed by atoms with E-state index in [1.807, 2.05) is 36.4 Å². The van der Waals surface area contributed by atoms with Gasteiger partial charge in [0.25, 0.3) is 5.91 Å². The number of nitrogens with two attached hydrogens (primary N) is 1. The number of carbonyl (C=O) groups excluding carboxylic acids is 1. The number of primary amides is 1. The maximum Gasteiger partial charge on any atom is 0.255 e. The standard InChI is InChI=1S/C17H13BrN2O2/c18-15-5-3-13(4-6-15)14(10-19)9-12-1-7-16(8-2-12)22-11-17(20)21/h1-9H,11H2,(H2,20,21). The van der Waals surface area contributed by atoms with Crippen LogP contribution in [0, 0.1) is 11.3 Å². The van der Waals surface area contributed by atoms with Crippen LogP contribution in [0.15, 0.2) is 53.0 Å². The third-order valence-electron chi connectivity index (χ3n) is 2.85. The first-order valence-electron chi connectivity index (χ1n) is 6.47. The van der Waals surface area contributed by atoms with Gasteiger partial charge in [-0.1, -0.05) is 40.2 Å². The average molecular weight is 357 g/mol. The second-order valence-electron chi connectivity index (χ2n) is 4.50. The summed E-state index contributed by atoms with van der Waals surface area (Å²) in [4.78, 5) is 10.7. The van der Waals surface area contributed by atoms with Crippen molar-refractivity contribution in [1.29, 1.82) is 5.26 Å². The van der Waals surface area contributed by atoms with Gasteiger partial charge in [-0.15, -0.1) is 0 Å². The zero-order valence-electron chi connectivity index (χ0n) is 11.6. The van der Waals surface area contributed by atoms with Gasteiger partial charge in [0, 0.05) is 4.47 Å². The summed E-state index contributed by atoms with van der Waals surface area (Å²) in [5.74, 6) is 0.0316. The van der Waals surface area contributed by atoms with Gasteiger partial charge in [0.2, 0.25) is 0 Å². The van der Waals surface area contributed by atoms with Gasteiger partial charge in [0.1, 0.15) is 5.75 Å². The topological polar surface area (TPSA) is 76.1 Å². The van der Waals surface area contributed by atoms with Crippen molar-refractivity contribution >= 4 is 33.5 Å². The molecule has 0 radical (unpaired) electrons. The quantitative estimate of drug-likeness (QED) is 0.658. The number of benzene rings is 2. The molecule has 2 N–H and O–H groups in total. The highest BCUT2D eigenvalue weighted by Crippen LogP contribution is 2.21. The molecule has 2 aromatic carbocycles. The van der Waals surface area contributed by atoms with E-state index in [2.05, 4.69) is 22.0 Å². The summed E-state index contributed by atoms with van der Waals surface area (Å²) in [7, 11) is 0. The zero-order chi connectivity index (χ0) is 15.9. The number of halogens is 1. The molecule has 2 rings (SSSR count). The summed E-state index contributed by atoms with van der Waals surface area (Å²) in [6, 6.07) is 16.8. The molecule has 2 aromatic rings. The number of rotatable bonds is 5. The van der Waals surface area contributed by atoms with E-state index in [0.29, 0.717) is 11.3 Å². The Morgan fingerprint density at radius 1 is 1.18 bits per heavy atom. The van der Waals surface area contributed by atoms with Crippen LogP contribution >= 0.6 is 15.9 Å². The van der Waals surface area contributed by atoms with Gasteiger partial charge in [-0.3, -0.25) is 4.79 Å². The second-order valence-corrected chi connectivity index (χ2v) is 5.42. The summed E-state index contributed by atoms with van der Waals surface area (Å²) < 4.78 is 6.15. The zero-order valence-corrected chi connectivity index (χ0v) is 13.2. The fourth-order valence-corrected chi connectivity index (χ4v) is 2.06. The fourth-order valence-electron chi connectivity index (χ4n) is 1.79. The molecule has 0 aliphatic heterocycles. The minimum atomic E-state index is -0.522. The molecule has 1 amide bonds. The Bertz CT molecular complexity index is 729. The first-order valence-corrected chi connectivity index (χ1v) is 7.26. The molecule has 0 aromatic heterocycles. The minimum absolute atomic E-state index is 0.155.